The molecular weight excluding hydrogens is 330 g/mol. The summed E-state index contributed by atoms with van der Waals surface area (Å²) in [4.78, 5) is 12.3. The highest BCUT2D eigenvalue weighted by Crippen LogP contribution is 2.20. The Hall–Kier alpha value is -3.22. The first-order chi connectivity index (χ1) is 12.5. The number of nitrogens with one attached hydrogen (secondary N) is 1. The van der Waals surface area contributed by atoms with Crippen molar-refractivity contribution < 1.29 is 9.53 Å². The van der Waals surface area contributed by atoms with E-state index in [4.69, 9.17) is 4.74 Å². The molecule has 3 aromatic rings. The second-order valence-corrected chi connectivity index (χ2v) is 6.27. The van der Waals surface area contributed by atoms with E-state index in [1.54, 1.807) is 19.1 Å². The van der Waals surface area contributed by atoms with Gasteiger partial charge in [0.25, 0.3) is 5.91 Å². The van der Waals surface area contributed by atoms with Gasteiger partial charge in [0.1, 0.15) is 12.1 Å². The highest BCUT2D eigenvalue weighted by molar-refractivity contribution is 5.94. The number of tetrazole rings is 1. The van der Waals surface area contributed by atoms with E-state index in [-0.39, 0.29) is 5.91 Å². The summed E-state index contributed by atoms with van der Waals surface area (Å²) in [5, 5.41) is 13.8. The molecule has 1 aromatic heterocycles. The number of nitrogens with zero attached hydrogens (tertiary/aromatic N) is 4. The van der Waals surface area contributed by atoms with Gasteiger partial charge in [0.15, 0.2) is 6.10 Å². The predicted molar refractivity (Wildman–Crippen MR) is 98.4 cm³/mol. The largest absolute Gasteiger partial charge is 0.481 e. The molecule has 7 nitrogen and oxygen atoms in total. The van der Waals surface area contributed by atoms with E-state index in [2.05, 4.69) is 34.7 Å². The first kappa shape index (κ1) is 17.6. The Morgan fingerprint density at radius 2 is 1.73 bits per heavy atom. The predicted octanol–water partition coefficient (Wildman–Crippen LogP) is 3.19. The SMILES string of the molecule is CC(Oc1ccc(C(C)C)cc1)C(=O)Nc1ccc(-n2cnnn2)cc1. The Morgan fingerprint density at radius 1 is 1.04 bits per heavy atom. The molecule has 0 fully saturated rings. The number of ether oxygens (including phenoxy) is 1. The normalized spacial score (nSPS) is 12.0. The number of rotatable bonds is 6. The van der Waals surface area contributed by atoms with Gasteiger partial charge in [-0.25, -0.2) is 4.68 Å². The molecule has 0 spiro atoms. The lowest BCUT2D eigenvalue weighted by Gasteiger charge is -2.15. The van der Waals surface area contributed by atoms with Crippen LogP contribution in [0.5, 0.6) is 5.75 Å². The number of anilines is 1. The van der Waals surface area contributed by atoms with Crippen LogP contribution in [0.1, 0.15) is 32.3 Å². The molecule has 0 aliphatic heterocycles. The zero-order valence-corrected chi connectivity index (χ0v) is 15.0. The molecule has 0 radical (unpaired) electrons. The number of hydrogen-bond acceptors (Lipinski definition) is 5. The first-order valence-corrected chi connectivity index (χ1v) is 8.44. The van der Waals surface area contributed by atoms with Gasteiger partial charge in [-0.1, -0.05) is 26.0 Å². The van der Waals surface area contributed by atoms with Crippen molar-refractivity contribution >= 4 is 11.6 Å². The van der Waals surface area contributed by atoms with Gasteiger partial charge in [0, 0.05) is 5.69 Å². The van der Waals surface area contributed by atoms with Crippen molar-refractivity contribution in [2.24, 2.45) is 0 Å². The topological polar surface area (TPSA) is 81.9 Å². The summed E-state index contributed by atoms with van der Waals surface area (Å²) in [6.07, 6.45) is 0.896. The summed E-state index contributed by atoms with van der Waals surface area (Å²) >= 11 is 0. The monoisotopic (exact) mass is 351 g/mol. The van der Waals surface area contributed by atoms with Crippen molar-refractivity contribution in [3.8, 4) is 11.4 Å². The van der Waals surface area contributed by atoms with Crippen molar-refractivity contribution in [3.63, 3.8) is 0 Å². The molecule has 1 unspecified atom stereocenters. The fraction of sp³-hybridized carbons (Fsp3) is 0.263. The summed E-state index contributed by atoms with van der Waals surface area (Å²) in [6, 6.07) is 15.0. The molecule has 7 heteroatoms. The lowest BCUT2D eigenvalue weighted by atomic mass is 10.0. The average molecular weight is 351 g/mol. The van der Waals surface area contributed by atoms with E-state index in [0.717, 1.165) is 5.69 Å². The van der Waals surface area contributed by atoms with Crippen LogP contribution < -0.4 is 10.1 Å². The maximum atomic E-state index is 12.3. The van der Waals surface area contributed by atoms with E-state index in [0.29, 0.717) is 17.4 Å². The van der Waals surface area contributed by atoms with Crippen LogP contribution in [-0.2, 0) is 4.79 Å². The Bertz CT molecular complexity index is 843. The lowest BCUT2D eigenvalue weighted by Crippen LogP contribution is -2.30. The zero-order valence-electron chi connectivity index (χ0n) is 15.0. The van der Waals surface area contributed by atoms with Crippen LogP contribution in [0.3, 0.4) is 0 Å². The number of benzene rings is 2. The van der Waals surface area contributed by atoms with Crippen LogP contribution in [0.25, 0.3) is 5.69 Å². The van der Waals surface area contributed by atoms with Crippen molar-refractivity contribution in [2.45, 2.75) is 32.8 Å². The molecule has 134 valence electrons. The van der Waals surface area contributed by atoms with Gasteiger partial charge < -0.3 is 10.1 Å². The van der Waals surface area contributed by atoms with Crippen LogP contribution in [0.4, 0.5) is 5.69 Å². The van der Waals surface area contributed by atoms with Crippen LogP contribution in [0, 0.1) is 0 Å². The molecule has 0 aliphatic rings. The smallest absolute Gasteiger partial charge is 0.265 e. The van der Waals surface area contributed by atoms with Crippen molar-refractivity contribution in [1.82, 2.24) is 20.2 Å². The number of amides is 1. The highest BCUT2D eigenvalue weighted by Gasteiger charge is 2.15. The molecule has 2 aromatic carbocycles. The summed E-state index contributed by atoms with van der Waals surface area (Å²) in [6.45, 7) is 5.99. The lowest BCUT2D eigenvalue weighted by molar-refractivity contribution is -0.122. The number of carbonyl (C=O) groups excluding carboxylic acids is 1. The quantitative estimate of drug-likeness (QED) is 0.737. The fourth-order valence-electron chi connectivity index (χ4n) is 2.41. The first-order valence-electron chi connectivity index (χ1n) is 8.44. The molecular formula is C19H21N5O2. The van der Waals surface area contributed by atoms with E-state index in [1.807, 2.05) is 36.4 Å². The van der Waals surface area contributed by atoms with Gasteiger partial charge in [-0.3, -0.25) is 4.79 Å². The van der Waals surface area contributed by atoms with Gasteiger partial charge in [-0.15, -0.1) is 5.10 Å². The minimum absolute atomic E-state index is 0.215. The van der Waals surface area contributed by atoms with Gasteiger partial charge in [0.05, 0.1) is 5.69 Å². The molecule has 3 rings (SSSR count). The molecule has 1 heterocycles. The van der Waals surface area contributed by atoms with Crippen LogP contribution >= 0.6 is 0 Å². The molecule has 0 saturated heterocycles. The Balaban J connectivity index is 1.58. The molecule has 26 heavy (non-hydrogen) atoms. The van der Waals surface area contributed by atoms with Gasteiger partial charge in [-0.05, 0) is 65.2 Å². The van der Waals surface area contributed by atoms with E-state index in [9.17, 15) is 4.79 Å². The van der Waals surface area contributed by atoms with Gasteiger partial charge >= 0.3 is 0 Å². The minimum atomic E-state index is -0.612. The summed E-state index contributed by atoms with van der Waals surface area (Å²) in [5.74, 6) is 0.917. The fourth-order valence-corrected chi connectivity index (χ4v) is 2.41. The third-order valence-corrected chi connectivity index (χ3v) is 3.98. The average Bonchev–Trinajstić information content (AvgIpc) is 3.17. The second kappa shape index (κ2) is 7.77. The molecule has 1 atom stereocenters. The van der Waals surface area contributed by atoms with Crippen LogP contribution in [-0.4, -0.2) is 32.2 Å². The van der Waals surface area contributed by atoms with Crippen molar-refractivity contribution in [3.05, 3.63) is 60.4 Å². The van der Waals surface area contributed by atoms with Gasteiger partial charge in [-0.2, -0.15) is 0 Å². The van der Waals surface area contributed by atoms with Crippen molar-refractivity contribution in [1.29, 1.82) is 0 Å². The van der Waals surface area contributed by atoms with Crippen molar-refractivity contribution in [2.75, 3.05) is 5.32 Å². The maximum Gasteiger partial charge on any atom is 0.265 e. The third kappa shape index (κ3) is 4.24. The minimum Gasteiger partial charge on any atom is -0.481 e. The Morgan fingerprint density at radius 3 is 2.31 bits per heavy atom. The zero-order chi connectivity index (χ0) is 18.5. The number of hydrogen-bond donors (Lipinski definition) is 1. The Kier molecular flexibility index (Phi) is 5.26. The van der Waals surface area contributed by atoms with E-state index >= 15 is 0 Å². The summed E-state index contributed by atoms with van der Waals surface area (Å²) < 4.78 is 7.26. The van der Waals surface area contributed by atoms with E-state index < -0.39 is 6.10 Å². The number of aromatic nitrogens is 4. The van der Waals surface area contributed by atoms with Crippen LogP contribution in [0.2, 0.25) is 0 Å². The third-order valence-electron chi connectivity index (χ3n) is 3.98. The molecule has 1 amide bonds. The summed E-state index contributed by atoms with van der Waals surface area (Å²) in [5.41, 5.74) is 2.72. The highest BCUT2D eigenvalue weighted by atomic mass is 16.5. The molecule has 1 N–H and O–H groups in total. The number of carbonyl (C=O) groups is 1. The molecule has 0 saturated carbocycles. The second-order valence-electron chi connectivity index (χ2n) is 6.27. The Labute approximate surface area is 152 Å². The summed E-state index contributed by atoms with van der Waals surface area (Å²) in [7, 11) is 0. The molecule has 0 bridgehead atoms. The maximum absolute atomic E-state index is 12.3. The molecule has 0 aliphatic carbocycles. The van der Waals surface area contributed by atoms with E-state index in [1.165, 1.54) is 16.6 Å². The van der Waals surface area contributed by atoms with Crippen LogP contribution in [0.15, 0.2) is 54.9 Å². The standard InChI is InChI=1S/C19H21N5O2/c1-13(2)15-4-10-18(11-5-15)26-14(3)19(25)21-16-6-8-17(9-7-16)24-12-20-22-23-24/h4-14H,1-3H3,(H,21,25). The van der Waals surface area contributed by atoms with Gasteiger partial charge in [0.2, 0.25) is 0 Å².